The molecular weight excluding hydrogens is 332 g/mol. The monoisotopic (exact) mass is 344 g/mol. The lowest BCUT2D eigenvalue weighted by atomic mass is 9.98. The van der Waals surface area contributed by atoms with Crippen molar-refractivity contribution in [2.45, 2.75) is 26.2 Å². The fraction of sp³-hybridized carbons (Fsp3) is 0.308. The second-order valence-corrected chi connectivity index (χ2v) is 7.40. The van der Waals surface area contributed by atoms with Crippen LogP contribution < -0.4 is 5.73 Å². The molecule has 2 rings (SSSR count). The van der Waals surface area contributed by atoms with Crippen LogP contribution in [0.1, 0.15) is 25.8 Å². The number of anilines is 1. The van der Waals surface area contributed by atoms with E-state index in [1.54, 1.807) is 11.3 Å². The van der Waals surface area contributed by atoms with Gasteiger partial charge in [-0.2, -0.15) is 0 Å². The molecule has 2 aromatic rings. The first-order valence-electron chi connectivity index (χ1n) is 5.51. The quantitative estimate of drug-likeness (QED) is 0.780. The van der Waals surface area contributed by atoms with Crippen LogP contribution in [0.5, 0.6) is 0 Å². The van der Waals surface area contributed by atoms with Crippen molar-refractivity contribution in [3.8, 4) is 11.3 Å². The first-order valence-corrected chi connectivity index (χ1v) is 7.50. The summed E-state index contributed by atoms with van der Waals surface area (Å²) in [5.74, 6) is 0. The Balaban J connectivity index is 2.51. The summed E-state index contributed by atoms with van der Waals surface area (Å²) in [5.41, 5.74) is 7.90. The molecular formula is C13H14BrClN2S. The number of aromatic nitrogens is 1. The van der Waals surface area contributed by atoms with Crippen molar-refractivity contribution in [3.05, 3.63) is 32.7 Å². The fourth-order valence-corrected chi connectivity index (χ4v) is 2.91. The number of hydrogen-bond donors (Lipinski definition) is 1. The molecule has 0 aliphatic rings. The first kappa shape index (κ1) is 13.8. The van der Waals surface area contributed by atoms with E-state index in [1.807, 2.05) is 18.2 Å². The summed E-state index contributed by atoms with van der Waals surface area (Å²) in [6.45, 7) is 6.40. The SMILES string of the molecule is CC(C)(C)c1nc(-c2ccc(Cl)c(Br)c2)c(N)s1. The summed E-state index contributed by atoms with van der Waals surface area (Å²) >= 11 is 11.0. The van der Waals surface area contributed by atoms with Gasteiger partial charge in [0.15, 0.2) is 0 Å². The Bertz CT molecular complexity index is 587. The molecule has 0 saturated heterocycles. The van der Waals surface area contributed by atoms with Crippen LogP contribution in [0.3, 0.4) is 0 Å². The minimum atomic E-state index is 0.0146. The van der Waals surface area contributed by atoms with Gasteiger partial charge in [-0.1, -0.05) is 38.4 Å². The topological polar surface area (TPSA) is 38.9 Å². The zero-order valence-electron chi connectivity index (χ0n) is 10.4. The number of hydrogen-bond acceptors (Lipinski definition) is 3. The molecule has 0 aliphatic heterocycles. The Kier molecular flexibility index (Phi) is 3.72. The minimum absolute atomic E-state index is 0.0146. The van der Waals surface area contributed by atoms with Crippen molar-refractivity contribution in [1.82, 2.24) is 4.98 Å². The Morgan fingerprint density at radius 1 is 1.33 bits per heavy atom. The number of rotatable bonds is 1. The lowest BCUT2D eigenvalue weighted by molar-refractivity contribution is 0.586. The fourth-order valence-electron chi connectivity index (χ4n) is 1.50. The Morgan fingerprint density at radius 2 is 2.00 bits per heavy atom. The van der Waals surface area contributed by atoms with E-state index >= 15 is 0 Å². The van der Waals surface area contributed by atoms with E-state index in [1.165, 1.54) is 0 Å². The summed E-state index contributed by atoms with van der Waals surface area (Å²) < 4.78 is 0.853. The van der Waals surface area contributed by atoms with E-state index < -0.39 is 0 Å². The summed E-state index contributed by atoms with van der Waals surface area (Å²) in [6, 6.07) is 5.72. The van der Waals surface area contributed by atoms with Crippen LogP contribution in [-0.2, 0) is 5.41 Å². The molecule has 18 heavy (non-hydrogen) atoms. The summed E-state index contributed by atoms with van der Waals surface area (Å²) in [4.78, 5) is 4.65. The van der Waals surface area contributed by atoms with E-state index in [9.17, 15) is 0 Å². The summed E-state index contributed by atoms with van der Waals surface area (Å²) in [6.07, 6.45) is 0. The van der Waals surface area contributed by atoms with Gasteiger partial charge in [0.25, 0.3) is 0 Å². The Hall–Kier alpha value is -0.580. The molecule has 0 aliphatic carbocycles. The molecule has 0 atom stereocenters. The van der Waals surface area contributed by atoms with Gasteiger partial charge in [0.05, 0.1) is 5.02 Å². The highest BCUT2D eigenvalue weighted by molar-refractivity contribution is 9.10. The lowest BCUT2D eigenvalue weighted by Crippen LogP contribution is -2.10. The summed E-state index contributed by atoms with van der Waals surface area (Å²) in [5, 5.41) is 2.47. The van der Waals surface area contributed by atoms with Crippen molar-refractivity contribution in [2.24, 2.45) is 0 Å². The third-order valence-corrected chi connectivity index (χ3v) is 5.01. The molecule has 2 N–H and O–H groups in total. The molecule has 2 nitrogen and oxygen atoms in total. The largest absolute Gasteiger partial charge is 0.389 e. The first-order chi connectivity index (χ1) is 8.29. The van der Waals surface area contributed by atoms with Gasteiger partial charge in [-0.3, -0.25) is 0 Å². The van der Waals surface area contributed by atoms with E-state index in [2.05, 4.69) is 41.7 Å². The molecule has 1 aromatic carbocycles. The smallest absolute Gasteiger partial charge is 0.114 e. The molecule has 96 valence electrons. The molecule has 0 saturated carbocycles. The normalized spacial score (nSPS) is 11.8. The van der Waals surface area contributed by atoms with Crippen molar-refractivity contribution in [3.63, 3.8) is 0 Å². The van der Waals surface area contributed by atoms with Crippen molar-refractivity contribution < 1.29 is 0 Å². The van der Waals surface area contributed by atoms with Crippen LogP contribution in [0.4, 0.5) is 5.00 Å². The van der Waals surface area contributed by atoms with Gasteiger partial charge in [-0.25, -0.2) is 4.98 Å². The zero-order valence-corrected chi connectivity index (χ0v) is 13.6. The molecule has 0 unspecified atom stereocenters. The van der Waals surface area contributed by atoms with Gasteiger partial charge in [-0.15, -0.1) is 11.3 Å². The van der Waals surface area contributed by atoms with Crippen LogP contribution in [-0.4, -0.2) is 4.98 Å². The standard InChI is InChI=1S/C13H14BrClN2S/c1-13(2,3)12-17-10(11(16)18-12)7-4-5-9(15)8(14)6-7/h4-6H,16H2,1-3H3. The predicted octanol–water partition coefficient (Wildman–Crippen LogP) is 5.11. The van der Waals surface area contributed by atoms with Gasteiger partial charge in [0.2, 0.25) is 0 Å². The van der Waals surface area contributed by atoms with Crippen LogP contribution in [0.2, 0.25) is 5.02 Å². The number of thiazole rings is 1. The average Bonchev–Trinajstić information content (AvgIpc) is 2.64. The highest BCUT2D eigenvalue weighted by atomic mass is 79.9. The Labute approximate surface area is 124 Å². The number of nitrogens with two attached hydrogens (primary N) is 1. The average molecular weight is 346 g/mol. The van der Waals surface area contributed by atoms with Gasteiger partial charge in [-0.05, 0) is 28.1 Å². The molecule has 1 aromatic heterocycles. The van der Waals surface area contributed by atoms with E-state index in [-0.39, 0.29) is 5.41 Å². The van der Waals surface area contributed by atoms with Gasteiger partial charge >= 0.3 is 0 Å². The van der Waals surface area contributed by atoms with Crippen molar-refractivity contribution >= 4 is 43.9 Å². The molecule has 0 amide bonds. The third-order valence-electron chi connectivity index (χ3n) is 2.49. The van der Waals surface area contributed by atoms with Crippen LogP contribution in [0.15, 0.2) is 22.7 Å². The van der Waals surface area contributed by atoms with E-state index in [4.69, 9.17) is 17.3 Å². The van der Waals surface area contributed by atoms with Gasteiger partial charge in [0.1, 0.15) is 15.7 Å². The van der Waals surface area contributed by atoms with E-state index in [0.717, 1.165) is 25.7 Å². The maximum Gasteiger partial charge on any atom is 0.114 e. The van der Waals surface area contributed by atoms with Crippen LogP contribution in [0.25, 0.3) is 11.3 Å². The second kappa shape index (κ2) is 4.83. The summed E-state index contributed by atoms with van der Waals surface area (Å²) in [7, 11) is 0. The zero-order chi connectivity index (χ0) is 13.5. The molecule has 0 radical (unpaired) electrons. The maximum absolute atomic E-state index is 6.07. The van der Waals surface area contributed by atoms with E-state index in [0.29, 0.717) is 5.02 Å². The molecule has 5 heteroatoms. The highest BCUT2D eigenvalue weighted by Crippen LogP contribution is 2.37. The van der Waals surface area contributed by atoms with Crippen molar-refractivity contribution in [1.29, 1.82) is 0 Å². The van der Waals surface area contributed by atoms with Gasteiger partial charge in [0, 0.05) is 15.5 Å². The highest BCUT2D eigenvalue weighted by Gasteiger charge is 2.21. The number of nitrogens with zero attached hydrogens (tertiary/aromatic N) is 1. The molecule has 0 bridgehead atoms. The predicted molar refractivity (Wildman–Crippen MR) is 83.4 cm³/mol. The van der Waals surface area contributed by atoms with Crippen LogP contribution in [0, 0.1) is 0 Å². The molecule has 1 heterocycles. The molecule has 0 spiro atoms. The van der Waals surface area contributed by atoms with Crippen molar-refractivity contribution in [2.75, 3.05) is 5.73 Å². The second-order valence-electron chi connectivity index (χ2n) is 5.11. The number of nitrogen functional groups attached to an aromatic ring is 1. The number of halogens is 2. The Morgan fingerprint density at radius 3 is 2.50 bits per heavy atom. The minimum Gasteiger partial charge on any atom is -0.389 e. The third kappa shape index (κ3) is 2.71. The maximum atomic E-state index is 6.07. The number of benzene rings is 1. The van der Waals surface area contributed by atoms with Gasteiger partial charge < -0.3 is 5.73 Å². The lowest BCUT2D eigenvalue weighted by Gasteiger charge is -2.13. The molecule has 0 fully saturated rings. The van der Waals surface area contributed by atoms with Crippen LogP contribution >= 0.6 is 38.9 Å².